The van der Waals surface area contributed by atoms with Gasteiger partial charge in [0, 0.05) is 53.7 Å². The average molecular weight is 432 g/mol. The van der Waals surface area contributed by atoms with Gasteiger partial charge in [-0.25, -0.2) is 4.98 Å². The number of rotatable bonds is 6. The van der Waals surface area contributed by atoms with Crippen molar-refractivity contribution in [2.45, 2.75) is 12.5 Å². The molecule has 5 heterocycles. The maximum Gasteiger partial charge on any atom is 0.169 e. The first-order valence-electron chi connectivity index (χ1n) is 9.98. The molecule has 4 aromatic rings. The quantitative estimate of drug-likeness (QED) is 0.431. The zero-order valence-corrected chi connectivity index (χ0v) is 18.1. The van der Waals surface area contributed by atoms with Crippen molar-refractivity contribution in [3.8, 4) is 10.6 Å². The van der Waals surface area contributed by atoms with Gasteiger partial charge in [0.05, 0.1) is 18.1 Å². The summed E-state index contributed by atoms with van der Waals surface area (Å²) in [5.74, 6) is 0.870. The third-order valence-electron chi connectivity index (χ3n) is 5.56. The third kappa shape index (κ3) is 4.01. The summed E-state index contributed by atoms with van der Waals surface area (Å²) in [6.45, 7) is 1.85. The van der Waals surface area contributed by atoms with Crippen LogP contribution >= 0.6 is 11.3 Å². The molecule has 0 amide bonds. The van der Waals surface area contributed by atoms with Crippen LogP contribution in [0.3, 0.4) is 0 Å². The number of hydrogen-bond acceptors (Lipinski definition) is 9. The number of likely N-dealkylation sites (N-methyl/N-ethyl adjacent to an activating group) is 1. The Kier molecular flexibility index (Phi) is 5.13. The highest BCUT2D eigenvalue weighted by atomic mass is 32.1. The fourth-order valence-electron chi connectivity index (χ4n) is 3.59. The van der Waals surface area contributed by atoms with Gasteiger partial charge in [0.2, 0.25) is 0 Å². The van der Waals surface area contributed by atoms with E-state index in [1.165, 1.54) is 11.3 Å². The van der Waals surface area contributed by atoms with E-state index in [4.69, 9.17) is 0 Å². The molecule has 0 saturated carbocycles. The van der Waals surface area contributed by atoms with E-state index in [0.717, 1.165) is 40.4 Å². The van der Waals surface area contributed by atoms with Crippen molar-refractivity contribution in [2.24, 2.45) is 0 Å². The molecule has 1 fully saturated rings. The molecule has 1 aliphatic heterocycles. The van der Waals surface area contributed by atoms with Crippen LogP contribution in [-0.4, -0.2) is 69.1 Å². The molecule has 0 unspecified atom stereocenters. The van der Waals surface area contributed by atoms with Crippen LogP contribution in [0, 0.1) is 0 Å². The van der Waals surface area contributed by atoms with E-state index in [2.05, 4.69) is 49.0 Å². The number of Topliss-reactive ketones (excluding diaryl/α,β-unsaturated/α-hetero) is 1. The molecule has 0 bridgehead atoms. The molecule has 0 atom stereocenters. The monoisotopic (exact) mass is 431 g/mol. The fraction of sp³-hybridized carbons (Fsp3) is 0.273. The van der Waals surface area contributed by atoms with Gasteiger partial charge in [0.25, 0.3) is 0 Å². The summed E-state index contributed by atoms with van der Waals surface area (Å²) in [6.07, 6.45) is 5.41. The number of anilines is 1. The van der Waals surface area contributed by atoms with Gasteiger partial charge in [-0.15, -0.1) is 10.2 Å². The van der Waals surface area contributed by atoms with E-state index in [-0.39, 0.29) is 12.2 Å². The molecular formula is C22H21N7OS. The van der Waals surface area contributed by atoms with Gasteiger partial charge in [0.15, 0.2) is 5.78 Å². The van der Waals surface area contributed by atoms with Crippen molar-refractivity contribution in [1.82, 2.24) is 30.0 Å². The minimum atomic E-state index is 0.0217. The smallest absolute Gasteiger partial charge is 0.169 e. The topological polar surface area (TPSA) is 88.0 Å². The average Bonchev–Trinajstić information content (AvgIpc) is 3.27. The molecule has 8 nitrogen and oxygen atoms in total. The number of pyridine rings is 3. The molecule has 156 valence electrons. The van der Waals surface area contributed by atoms with Crippen molar-refractivity contribution in [3.05, 3.63) is 59.6 Å². The second-order valence-corrected chi connectivity index (χ2v) is 8.69. The molecule has 9 heteroatoms. The highest BCUT2D eigenvalue weighted by molar-refractivity contribution is 7.12. The van der Waals surface area contributed by atoms with E-state index in [1.54, 1.807) is 30.2 Å². The molecule has 0 aromatic carbocycles. The highest BCUT2D eigenvalue weighted by Gasteiger charge is 2.29. The maximum atomic E-state index is 12.9. The van der Waals surface area contributed by atoms with Crippen LogP contribution in [-0.2, 0) is 6.42 Å². The standard InChI is InChI=1S/C22H21N7OS/c1-28(2)18-11-29(12-18)21-7-14(3-4-23-21)20(30)8-17-6-15-5-16(22-27-26-13-31-22)9-25-19(15)10-24-17/h3-7,9-10,13,18H,8,11-12H2,1-2H3. The normalized spacial score (nSPS) is 14.2. The number of nitrogens with zero attached hydrogens (tertiary/aromatic N) is 7. The summed E-state index contributed by atoms with van der Waals surface area (Å²) in [6, 6.07) is 8.11. The SMILES string of the molecule is CN(C)C1CN(c2cc(C(=O)Cc3cc4cc(-c5nncs5)cnc4cn3)ccn2)C1. The van der Waals surface area contributed by atoms with Gasteiger partial charge in [-0.3, -0.25) is 14.8 Å². The van der Waals surface area contributed by atoms with E-state index in [1.807, 2.05) is 18.2 Å². The summed E-state index contributed by atoms with van der Waals surface area (Å²) < 4.78 is 0. The predicted molar refractivity (Wildman–Crippen MR) is 120 cm³/mol. The first-order chi connectivity index (χ1) is 15.1. The van der Waals surface area contributed by atoms with Gasteiger partial charge < -0.3 is 9.80 Å². The van der Waals surface area contributed by atoms with Gasteiger partial charge in [-0.2, -0.15) is 0 Å². The Morgan fingerprint density at radius 2 is 2.03 bits per heavy atom. The van der Waals surface area contributed by atoms with Crippen molar-refractivity contribution < 1.29 is 4.79 Å². The second kappa shape index (κ2) is 8.09. The van der Waals surface area contributed by atoms with Crippen LogP contribution < -0.4 is 4.90 Å². The van der Waals surface area contributed by atoms with Crippen molar-refractivity contribution >= 4 is 33.8 Å². The lowest BCUT2D eigenvalue weighted by Crippen LogP contribution is -2.57. The van der Waals surface area contributed by atoms with Crippen molar-refractivity contribution in [2.75, 3.05) is 32.1 Å². The van der Waals surface area contributed by atoms with E-state index >= 15 is 0 Å². The number of carbonyl (C=O) groups excluding carboxylic acids is 1. The third-order valence-corrected chi connectivity index (χ3v) is 6.30. The van der Waals surface area contributed by atoms with E-state index in [9.17, 15) is 4.79 Å². The fourth-order valence-corrected chi connectivity index (χ4v) is 4.13. The zero-order chi connectivity index (χ0) is 21.4. The van der Waals surface area contributed by atoms with E-state index in [0.29, 0.717) is 17.3 Å². The lowest BCUT2D eigenvalue weighted by molar-refractivity contribution is 0.0992. The minimum absolute atomic E-state index is 0.0217. The number of fused-ring (bicyclic) bond motifs is 1. The second-order valence-electron chi connectivity index (χ2n) is 7.86. The number of carbonyl (C=O) groups is 1. The van der Waals surface area contributed by atoms with Crippen LogP contribution in [0.25, 0.3) is 21.5 Å². The molecule has 4 aromatic heterocycles. The van der Waals surface area contributed by atoms with Gasteiger partial charge in [0.1, 0.15) is 16.3 Å². The molecule has 0 radical (unpaired) electrons. The minimum Gasteiger partial charge on any atom is -0.353 e. The lowest BCUT2D eigenvalue weighted by Gasteiger charge is -2.43. The van der Waals surface area contributed by atoms with Crippen molar-refractivity contribution in [1.29, 1.82) is 0 Å². The first-order valence-corrected chi connectivity index (χ1v) is 10.9. The molecule has 0 N–H and O–H groups in total. The van der Waals surface area contributed by atoms with Crippen LogP contribution in [0.15, 0.2) is 48.4 Å². The number of ketones is 1. The Balaban J connectivity index is 1.34. The summed E-state index contributed by atoms with van der Waals surface area (Å²) in [4.78, 5) is 30.7. The van der Waals surface area contributed by atoms with Crippen LogP contribution in [0.1, 0.15) is 16.1 Å². The molecule has 31 heavy (non-hydrogen) atoms. The summed E-state index contributed by atoms with van der Waals surface area (Å²) in [7, 11) is 4.16. The lowest BCUT2D eigenvalue weighted by atomic mass is 10.0. The number of aromatic nitrogens is 5. The molecule has 0 spiro atoms. The largest absolute Gasteiger partial charge is 0.353 e. The Morgan fingerprint density at radius 3 is 2.81 bits per heavy atom. The Labute approximate surface area is 183 Å². The van der Waals surface area contributed by atoms with Gasteiger partial charge in [-0.05, 0) is 38.4 Å². The maximum absolute atomic E-state index is 12.9. The molecular weight excluding hydrogens is 410 g/mol. The summed E-state index contributed by atoms with van der Waals surface area (Å²) in [5.41, 5.74) is 4.75. The van der Waals surface area contributed by atoms with Crippen LogP contribution in [0.2, 0.25) is 0 Å². The Morgan fingerprint density at radius 1 is 1.16 bits per heavy atom. The number of hydrogen-bond donors (Lipinski definition) is 0. The Bertz CT molecular complexity index is 1240. The highest BCUT2D eigenvalue weighted by Crippen LogP contribution is 2.25. The first kappa shape index (κ1) is 19.7. The van der Waals surface area contributed by atoms with Crippen LogP contribution in [0.5, 0.6) is 0 Å². The van der Waals surface area contributed by atoms with E-state index < -0.39 is 0 Å². The summed E-state index contributed by atoms with van der Waals surface area (Å²) in [5, 5.41) is 9.73. The molecule has 1 aliphatic rings. The van der Waals surface area contributed by atoms with Crippen molar-refractivity contribution in [3.63, 3.8) is 0 Å². The summed E-state index contributed by atoms with van der Waals surface area (Å²) >= 11 is 1.46. The van der Waals surface area contributed by atoms with Gasteiger partial charge >= 0.3 is 0 Å². The Hall–Kier alpha value is -3.30. The zero-order valence-electron chi connectivity index (χ0n) is 17.3. The molecule has 1 saturated heterocycles. The molecule has 0 aliphatic carbocycles. The predicted octanol–water partition coefficient (Wildman–Crippen LogP) is 2.72. The van der Waals surface area contributed by atoms with Gasteiger partial charge in [-0.1, -0.05) is 11.3 Å². The molecule has 5 rings (SSSR count). The van der Waals surface area contributed by atoms with Crippen LogP contribution in [0.4, 0.5) is 5.82 Å².